The summed E-state index contributed by atoms with van der Waals surface area (Å²) in [5, 5.41) is 3.53. The summed E-state index contributed by atoms with van der Waals surface area (Å²) in [4.78, 5) is 2.50. The van der Waals surface area contributed by atoms with E-state index in [1.54, 1.807) is 0 Å². The molecule has 0 aromatic carbocycles. The van der Waals surface area contributed by atoms with Gasteiger partial charge in [0.05, 0.1) is 0 Å². The highest BCUT2D eigenvalue weighted by Gasteiger charge is 2.58. The van der Waals surface area contributed by atoms with E-state index in [-0.39, 0.29) is 0 Å². The molecule has 3 unspecified atom stereocenters. The van der Waals surface area contributed by atoms with Crippen LogP contribution in [0.3, 0.4) is 0 Å². The van der Waals surface area contributed by atoms with Crippen LogP contribution in [0.2, 0.25) is 0 Å². The Morgan fingerprint density at radius 2 is 2.38 bits per heavy atom. The highest BCUT2D eigenvalue weighted by Crippen LogP contribution is 2.61. The molecule has 1 spiro atoms. The van der Waals surface area contributed by atoms with Gasteiger partial charge in [-0.05, 0) is 56.7 Å². The molecule has 74 valence electrons. The van der Waals surface area contributed by atoms with Gasteiger partial charge in [-0.25, -0.2) is 0 Å². The minimum atomic E-state index is 0.774. The van der Waals surface area contributed by atoms with E-state index in [0.717, 1.165) is 17.3 Å². The number of nitrogens with zero attached hydrogens (tertiary/aromatic N) is 1. The Kier molecular flexibility index (Phi) is 1.72. The van der Waals surface area contributed by atoms with Crippen molar-refractivity contribution in [3.05, 3.63) is 0 Å². The van der Waals surface area contributed by atoms with Crippen LogP contribution >= 0.6 is 0 Å². The number of nitrogens with one attached hydrogen (secondary N) is 1. The second-order valence-corrected chi connectivity index (χ2v) is 5.41. The highest BCUT2D eigenvalue weighted by atomic mass is 15.1. The van der Waals surface area contributed by atoms with Crippen molar-refractivity contribution in [1.82, 2.24) is 10.2 Å². The first-order valence-electron chi connectivity index (χ1n) is 5.69. The van der Waals surface area contributed by atoms with Crippen LogP contribution in [0.4, 0.5) is 0 Å². The van der Waals surface area contributed by atoms with Gasteiger partial charge in [0.1, 0.15) is 0 Å². The van der Waals surface area contributed by atoms with Crippen molar-refractivity contribution in [2.24, 2.45) is 17.3 Å². The summed E-state index contributed by atoms with van der Waals surface area (Å²) in [5.74, 6) is 2.11. The van der Waals surface area contributed by atoms with Gasteiger partial charge in [0.25, 0.3) is 0 Å². The first-order valence-corrected chi connectivity index (χ1v) is 5.69. The monoisotopic (exact) mass is 180 g/mol. The summed E-state index contributed by atoms with van der Waals surface area (Å²) in [6, 6.07) is 0. The van der Waals surface area contributed by atoms with Gasteiger partial charge in [0, 0.05) is 13.1 Å². The van der Waals surface area contributed by atoms with Crippen LogP contribution in [0.15, 0.2) is 0 Å². The molecular formula is C11H20N2. The Hall–Kier alpha value is -0.0800. The zero-order valence-corrected chi connectivity index (χ0v) is 8.55. The molecule has 2 nitrogen and oxygen atoms in total. The average molecular weight is 180 g/mol. The van der Waals surface area contributed by atoms with Crippen molar-refractivity contribution in [3.63, 3.8) is 0 Å². The van der Waals surface area contributed by atoms with Crippen molar-refractivity contribution in [3.8, 4) is 0 Å². The molecule has 3 rings (SSSR count). The van der Waals surface area contributed by atoms with Crippen LogP contribution < -0.4 is 5.32 Å². The maximum absolute atomic E-state index is 3.53. The van der Waals surface area contributed by atoms with Gasteiger partial charge in [-0.1, -0.05) is 0 Å². The quantitative estimate of drug-likeness (QED) is 0.646. The fourth-order valence-electron chi connectivity index (χ4n) is 3.60. The maximum atomic E-state index is 3.53. The van der Waals surface area contributed by atoms with E-state index >= 15 is 0 Å². The third-order valence-electron chi connectivity index (χ3n) is 4.53. The topological polar surface area (TPSA) is 15.3 Å². The van der Waals surface area contributed by atoms with E-state index in [1.807, 2.05) is 0 Å². The standard InChI is InChI=1S/C11H20N2/c1-13-5-2-9(7-13)10-6-11(10)3-4-12-8-11/h9-10,12H,2-8H2,1H3. The lowest BCUT2D eigenvalue weighted by Crippen LogP contribution is -2.18. The van der Waals surface area contributed by atoms with E-state index < -0.39 is 0 Å². The molecule has 3 fully saturated rings. The number of likely N-dealkylation sites (tertiary alicyclic amines) is 1. The minimum Gasteiger partial charge on any atom is -0.316 e. The molecule has 1 saturated carbocycles. The van der Waals surface area contributed by atoms with Crippen LogP contribution in [0.25, 0.3) is 0 Å². The number of hydrogen-bond acceptors (Lipinski definition) is 2. The largest absolute Gasteiger partial charge is 0.316 e. The Morgan fingerprint density at radius 3 is 3.00 bits per heavy atom. The summed E-state index contributed by atoms with van der Waals surface area (Å²) >= 11 is 0. The molecule has 0 bridgehead atoms. The lowest BCUT2D eigenvalue weighted by molar-refractivity contribution is 0.349. The molecule has 2 heteroatoms. The van der Waals surface area contributed by atoms with Gasteiger partial charge < -0.3 is 10.2 Å². The number of rotatable bonds is 1. The van der Waals surface area contributed by atoms with Crippen molar-refractivity contribution in [2.75, 3.05) is 33.2 Å². The first-order chi connectivity index (χ1) is 6.30. The van der Waals surface area contributed by atoms with Crippen LogP contribution in [0.1, 0.15) is 19.3 Å². The van der Waals surface area contributed by atoms with E-state index in [9.17, 15) is 0 Å². The van der Waals surface area contributed by atoms with E-state index in [2.05, 4.69) is 17.3 Å². The van der Waals surface area contributed by atoms with Crippen LogP contribution in [0.5, 0.6) is 0 Å². The average Bonchev–Trinajstić information content (AvgIpc) is 2.50. The third-order valence-corrected chi connectivity index (χ3v) is 4.53. The van der Waals surface area contributed by atoms with Crippen molar-refractivity contribution >= 4 is 0 Å². The highest BCUT2D eigenvalue weighted by molar-refractivity contribution is 5.10. The fraction of sp³-hybridized carbons (Fsp3) is 1.00. The molecule has 0 aromatic rings. The number of hydrogen-bond donors (Lipinski definition) is 1. The molecule has 1 N–H and O–H groups in total. The maximum Gasteiger partial charge on any atom is 0.00112 e. The lowest BCUT2D eigenvalue weighted by Gasteiger charge is -2.13. The van der Waals surface area contributed by atoms with Gasteiger partial charge >= 0.3 is 0 Å². The molecule has 0 radical (unpaired) electrons. The molecule has 3 aliphatic rings. The lowest BCUT2D eigenvalue weighted by atomic mass is 9.93. The van der Waals surface area contributed by atoms with Crippen LogP contribution in [-0.4, -0.2) is 38.1 Å². The predicted octanol–water partition coefficient (Wildman–Crippen LogP) is 0.938. The molecule has 13 heavy (non-hydrogen) atoms. The molecule has 1 aliphatic carbocycles. The second-order valence-electron chi connectivity index (χ2n) is 5.41. The minimum absolute atomic E-state index is 0.774. The zero-order valence-electron chi connectivity index (χ0n) is 8.55. The summed E-state index contributed by atoms with van der Waals surface area (Å²) in [6.45, 7) is 5.30. The van der Waals surface area contributed by atoms with Gasteiger partial charge in [-0.3, -0.25) is 0 Å². The smallest absolute Gasteiger partial charge is 0.00112 e. The summed E-state index contributed by atoms with van der Waals surface area (Å²) in [5.41, 5.74) is 0.774. The molecule has 0 aromatic heterocycles. The predicted molar refractivity (Wildman–Crippen MR) is 53.6 cm³/mol. The molecule has 2 aliphatic heterocycles. The molecule has 3 atom stereocenters. The van der Waals surface area contributed by atoms with Crippen LogP contribution in [-0.2, 0) is 0 Å². The molecular weight excluding hydrogens is 160 g/mol. The van der Waals surface area contributed by atoms with E-state index in [1.165, 1.54) is 45.4 Å². The van der Waals surface area contributed by atoms with Gasteiger partial charge in [0.15, 0.2) is 0 Å². The van der Waals surface area contributed by atoms with Crippen LogP contribution in [0, 0.1) is 17.3 Å². The molecule has 2 heterocycles. The third kappa shape index (κ3) is 1.23. The zero-order chi connectivity index (χ0) is 8.89. The summed E-state index contributed by atoms with van der Waals surface area (Å²) in [7, 11) is 2.27. The fourth-order valence-corrected chi connectivity index (χ4v) is 3.60. The van der Waals surface area contributed by atoms with Gasteiger partial charge in [-0.2, -0.15) is 0 Å². The Morgan fingerprint density at radius 1 is 1.46 bits per heavy atom. The Bertz CT molecular complexity index is 208. The Labute approximate surface area is 80.7 Å². The SMILES string of the molecule is CN1CCC(C2CC23CCNC3)C1. The second kappa shape index (κ2) is 2.71. The normalized spacial score (nSPS) is 50.5. The van der Waals surface area contributed by atoms with E-state index in [0.29, 0.717) is 0 Å². The summed E-state index contributed by atoms with van der Waals surface area (Å²) in [6.07, 6.45) is 4.44. The Balaban J connectivity index is 1.63. The molecule has 0 amide bonds. The molecule has 2 saturated heterocycles. The van der Waals surface area contributed by atoms with Gasteiger partial charge in [-0.15, -0.1) is 0 Å². The van der Waals surface area contributed by atoms with Gasteiger partial charge in [0.2, 0.25) is 0 Å². The van der Waals surface area contributed by atoms with E-state index in [4.69, 9.17) is 0 Å². The first kappa shape index (κ1) is 8.25. The van der Waals surface area contributed by atoms with Crippen molar-refractivity contribution in [2.45, 2.75) is 19.3 Å². The van der Waals surface area contributed by atoms with Crippen molar-refractivity contribution < 1.29 is 0 Å². The van der Waals surface area contributed by atoms with Crippen molar-refractivity contribution in [1.29, 1.82) is 0 Å². The summed E-state index contributed by atoms with van der Waals surface area (Å²) < 4.78 is 0.